The van der Waals surface area contributed by atoms with E-state index in [1.165, 1.54) is 6.07 Å². The second kappa shape index (κ2) is 7.09. The number of anilines is 1. The SMILES string of the molecule is O=c1ccccn1CCNc1ccccc1SC(F)F. The van der Waals surface area contributed by atoms with Gasteiger partial charge in [-0.1, -0.05) is 30.0 Å². The molecule has 0 saturated heterocycles. The Balaban J connectivity index is 1.98. The summed E-state index contributed by atoms with van der Waals surface area (Å²) < 4.78 is 26.4. The van der Waals surface area contributed by atoms with Crippen molar-refractivity contribution in [1.82, 2.24) is 4.57 Å². The minimum atomic E-state index is -2.45. The summed E-state index contributed by atoms with van der Waals surface area (Å²) >= 11 is 0.510. The van der Waals surface area contributed by atoms with Gasteiger partial charge in [-0.3, -0.25) is 4.79 Å². The lowest BCUT2D eigenvalue weighted by Crippen LogP contribution is -2.22. The van der Waals surface area contributed by atoms with Crippen molar-refractivity contribution < 1.29 is 8.78 Å². The van der Waals surface area contributed by atoms with E-state index in [9.17, 15) is 13.6 Å². The van der Waals surface area contributed by atoms with Gasteiger partial charge in [0.2, 0.25) is 0 Å². The first kappa shape index (κ1) is 14.6. The average molecular weight is 296 g/mol. The van der Waals surface area contributed by atoms with Gasteiger partial charge in [0.05, 0.1) is 0 Å². The molecule has 1 N–H and O–H groups in total. The van der Waals surface area contributed by atoms with Gasteiger partial charge in [-0.15, -0.1) is 0 Å². The Morgan fingerprint density at radius 1 is 1.15 bits per heavy atom. The minimum Gasteiger partial charge on any atom is -0.382 e. The zero-order chi connectivity index (χ0) is 14.4. The second-order valence-corrected chi connectivity index (χ2v) is 5.07. The van der Waals surface area contributed by atoms with Crippen LogP contribution in [-0.4, -0.2) is 16.9 Å². The van der Waals surface area contributed by atoms with Crippen LogP contribution in [0.4, 0.5) is 14.5 Å². The second-order valence-electron chi connectivity index (χ2n) is 4.03. The molecule has 0 bridgehead atoms. The lowest BCUT2D eigenvalue weighted by Gasteiger charge is -2.12. The number of aromatic nitrogens is 1. The van der Waals surface area contributed by atoms with Gasteiger partial charge in [-0.2, -0.15) is 8.78 Å². The largest absolute Gasteiger partial charge is 0.382 e. The molecule has 1 aromatic carbocycles. The number of hydrogen-bond donors (Lipinski definition) is 1. The fraction of sp³-hybridized carbons (Fsp3) is 0.214. The van der Waals surface area contributed by atoms with Gasteiger partial charge in [0.1, 0.15) is 0 Å². The van der Waals surface area contributed by atoms with Crippen molar-refractivity contribution in [3.05, 3.63) is 59.0 Å². The van der Waals surface area contributed by atoms with E-state index in [1.807, 2.05) is 0 Å². The van der Waals surface area contributed by atoms with Gasteiger partial charge in [-0.25, -0.2) is 0 Å². The Morgan fingerprint density at radius 3 is 2.65 bits per heavy atom. The monoisotopic (exact) mass is 296 g/mol. The van der Waals surface area contributed by atoms with Gasteiger partial charge in [0.25, 0.3) is 11.3 Å². The first-order valence-corrected chi connectivity index (χ1v) is 6.98. The highest BCUT2D eigenvalue weighted by Gasteiger charge is 2.09. The summed E-state index contributed by atoms with van der Waals surface area (Å²) in [4.78, 5) is 12.0. The summed E-state index contributed by atoms with van der Waals surface area (Å²) in [7, 11) is 0. The maximum absolute atomic E-state index is 12.4. The topological polar surface area (TPSA) is 34.0 Å². The highest BCUT2D eigenvalue weighted by molar-refractivity contribution is 7.99. The van der Waals surface area contributed by atoms with Crippen LogP contribution in [-0.2, 0) is 6.54 Å². The van der Waals surface area contributed by atoms with Crippen LogP contribution in [0, 0.1) is 0 Å². The number of para-hydroxylation sites is 1. The van der Waals surface area contributed by atoms with Crippen LogP contribution < -0.4 is 10.9 Å². The summed E-state index contributed by atoms with van der Waals surface area (Å²) in [5.74, 6) is -2.45. The molecule has 0 spiro atoms. The highest BCUT2D eigenvalue weighted by Crippen LogP contribution is 2.31. The van der Waals surface area contributed by atoms with Crippen LogP contribution in [0.5, 0.6) is 0 Å². The summed E-state index contributed by atoms with van der Waals surface area (Å²) in [5, 5.41) is 3.08. The molecule has 1 heterocycles. The average Bonchev–Trinajstić information content (AvgIpc) is 2.42. The molecule has 1 aromatic heterocycles. The minimum absolute atomic E-state index is 0.0791. The number of alkyl halides is 2. The maximum Gasteiger partial charge on any atom is 0.288 e. The molecular formula is C14H14F2N2OS. The molecule has 20 heavy (non-hydrogen) atoms. The molecule has 0 aliphatic heterocycles. The molecule has 2 aromatic rings. The fourth-order valence-corrected chi connectivity index (χ4v) is 2.38. The molecule has 0 aliphatic carbocycles. The number of thioether (sulfide) groups is 1. The van der Waals surface area contributed by atoms with Crippen molar-refractivity contribution in [1.29, 1.82) is 0 Å². The molecule has 3 nitrogen and oxygen atoms in total. The van der Waals surface area contributed by atoms with E-state index in [0.717, 1.165) is 0 Å². The molecule has 0 radical (unpaired) electrons. The summed E-state index contributed by atoms with van der Waals surface area (Å²) in [6, 6.07) is 11.8. The van der Waals surface area contributed by atoms with Crippen molar-refractivity contribution in [3.8, 4) is 0 Å². The predicted octanol–water partition coefficient (Wildman–Crippen LogP) is 3.28. The molecule has 6 heteroatoms. The Kier molecular flexibility index (Phi) is 5.17. The summed E-state index contributed by atoms with van der Waals surface area (Å²) in [6.07, 6.45) is 1.70. The third-order valence-electron chi connectivity index (χ3n) is 2.67. The van der Waals surface area contributed by atoms with Crippen molar-refractivity contribution >= 4 is 17.4 Å². The zero-order valence-electron chi connectivity index (χ0n) is 10.6. The van der Waals surface area contributed by atoms with E-state index in [1.54, 1.807) is 47.2 Å². The number of benzene rings is 1. The standard InChI is InChI=1S/C14H14F2N2OS/c15-14(16)20-12-6-2-1-5-11(12)17-8-10-18-9-4-3-7-13(18)19/h1-7,9,14,17H,8,10H2. The third-order valence-corrected chi connectivity index (χ3v) is 3.46. The van der Waals surface area contributed by atoms with Crippen LogP contribution in [0.25, 0.3) is 0 Å². The number of rotatable bonds is 6. The molecule has 2 rings (SSSR count). The molecule has 0 atom stereocenters. The van der Waals surface area contributed by atoms with Gasteiger partial charge in [0, 0.05) is 35.9 Å². The quantitative estimate of drug-likeness (QED) is 0.831. The van der Waals surface area contributed by atoms with Crippen LogP contribution >= 0.6 is 11.8 Å². The Hall–Kier alpha value is -1.82. The first-order chi connectivity index (χ1) is 9.66. The molecular weight excluding hydrogens is 282 g/mol. The summed E-state index contributed by atoms with van der Waals surface area (Å²) in [6.45, 7) is 0.970. The number of halogens is 2. The molecule has 106 valence electrons. The molecule has 0 amide bonds. The highest BCUT2D eigenvalue weighted by atomic mass is 32.2. The lowest BCUT2D eigenvalue weighted by molar-refractivity contribution is 0.252. The lowest BCUT2D eigenvalue weighted by atomic mass is 10.3. The van der Waals surface area contributed by atoms with Crippen LogP contribution in [0.2, 0.25) is 0 Å². The van der Waals surface area contributed by atoms with E-state index in [0.29, 0.717) is 35.4 Å². The van der Waals surface area contributed by atoms with Crippen molar-refractivity contribution in [2.45, 2.75) is 17.2 Å². The van der Waals surface area contributed by atoms with E-state index < -0.39 is 5.76 Å². The van der Waals surface area contributed by atoms with E-state index in [-0.39, 0.29) is 5.56 Å². The van der Waals surface area contributed by atoms with E-state index >= 15 is 0 Å². The Labute approximate surface area is 119 Å². The number of hydrogen-bond acceptors (Lipinski definition) is 3. The maximum atomic E-state index is 12.4. The van der Waals surface area contributed by atoms with Crippen LogP contribution in [0.1, 0.15) is 0 Å². The Morgan fingerprint density at radius 2 is 1.90 bits per heavy atom. The fourth-order valence-electron chi connectivity index (χ4n) is 1.77. The number of nitrogens with one attached hydrogen (secondary N) is 1. The van der Waals surface area contributed by atoms with E-state index in [4.69, 9.17) is 0 Å². The molecule has 0 fully saturated rings. The van der Waals surface area contributed by atoms with Crippen molar-refractivity contribution in [2.24, 2.45) is 0 Å². The van der Waals surface area contributed by atoms with Gasteiger partial charge in [0.15, 0.2) is 0 Å². The van der Waals surface area contributed by atoms with Crippen LogP contribution in [0.15, 0.2) is 58.4 Å². The van der Waals surface area contributed by atoms with Crippen molar-refractivity contribution in [2.75, 3.05) is 11.9 Å². The smallest absolute Gasteiger partial charge is 0.288 e. The zero-order valence-corrected chi connectivity index (χ0v) is 11.4. The van der Waals surface area contributed by atoms with Crippen molar-refractivity contribution in [3.63, 3.8) is 0 Å². The van der Waals surface area contributed by atoms with Gasteiger partial charge in [-0.05, 0) is 18.2 Å². The van der Waals surface area contributed by atoms with E-state index in [2.05, 4.69) is 5.32 Å². The van der Waals surface area contributed by atoms with Gasteiger partial charge >= 0.3 is 0 Å². The van der Waals surface area contributed by atoms with Gasteiger partial charge < -0.3 is 9.88 Å². The number of nitrogens with zero attached hydrogens (tertiary/aromatic N) is 1. The third kappa shape index (κ3) is 4.09. The molecule has 0 unspecified atom stereocenters. The Bertz CT molecular complexity index is 616. The molecule has 0 aliphatic rings. The first-order valence-electron chi connectivity index (χ1n) is 6.10. The predicted molar refractivity (Wildman–Crippen MR) is 77.5 cm³/mol. The molecule has 0 saturated carbocycles. The summed E-state index contributed by atoms with van der Waals surface area (Å²) in [5.41, 5.74) is 0.575. The number of pyridine rings is 1. The van der Waals surface area contributed by atoms with Crippen LogP contribution in [0.3, 0.4) is 0 Å². The normalized spacial score (nSPS) is 10.8.